The third-order valence-corrected chi connectivity index (χ3v) is 6.96. The van der Waals surface area contributed by atoms with E-state index in [0.29, 0.717) is 6.07 Å². The molecule has 2 aromatic rings. The molecule has 1 aromatic carbocycles. The Morgan fingerprint density at radius 1 is 1.03 bits per heavy atom. The number of alkyl halides is 3. The van der Waals surface area contributed by atoms with Gasteiger partial charge in [-0.05, 0) is 45.0 Å². The lowest BCUT2D eigenvalue weighted by molar-refractivity contribution is -0.141. The number of ether oxygens (including phenoxy) is 1. The average molecular weight is 518 g/mol. The first-order valence-corrected chi connectivity index (χ1v) is 12.0. The Morgan fingerprint density at radius 3 is 2.09 bits per heavy atom. The zero-order valence-electron chi connectivity index (χ0n) is 19.6. The highest BCUT2D eigenvalue weighted by atomic mass is 32.2. The van der Waals surface area contributed by atoms with Crippen molar-refractivity contribution in [3.63, 3.8) is 0 Å². The monoisotopic (exact) mass is 517 g/mol. The Bertz CT molecular complexity index is 1200. The van der Waals surface area contributed by atoms with Gasteiger partial charge in [0.15, 0.2) is 5.69 Å². The Balaban J connectivity index is 1.64. The second-order valence-corrected chi connectivity index (χ2v) is 10.8. The van der Waals surface area contributed by atoms with Crippen LogP contribution in [0.1, 0.15) is 37.0 Å². The minimum Gasteiger partial charge on any atom is -0.444 e. The number of amides is 2. The van der Waals surface area contributed by atoms with E-state index in [1.807, 2.05) is 0 Å². The molecule has 1 fully saturated rings. The van der Waals surface area contributed by atoms with Crippen LogP contribution < -0.4 is 5.32 Å². The molecular weight excluding hydrogens is 491 g/mol. The number of rotatable bonds is 4. The third-order valence-electron chi connectivity index (χ3n) is 5.04. The van der Waals surface area contributed by atoms with Crippen molar-refractivity contribution in [2.75, 3.05) is 31.5 Å². The molecule has 1 aliphatic heterocycles. The van der Waals surface area contributed by atoms with Gasteiger partial charge in [0, 0.05) is 45.0 Å². The number of anilines is 1. The van der Waals surface area contributed by atoms with Crippen LogP contribution in [0.15, 0.2) is 35.2 Å². The number of hydrogen-bond acceptors (Lipinski definition) is 6. The quantitative estimate of drug-likeness (QED) is 0.667. The predicted molar refractivity (Wildman–Crippen MR) is 119 cm³/mol. The SMILES string of the molecule is Cn1nc(C(F)(F)F)cc1C(=O)Nc1ccc(S(=O)(=O)N2CCN(C(=O)OC(C)(C)C)CC2)cc1. The molecule has 10 nitrogen and oxygen atoms in total. The van der Waals surface area contributed by atoms with E-state index < -0.39 is 39.5 Å². The molecule has 0 spiro atoms. The largest absolute Gasteiger partial charge is 0.444 e. The molecule has 0 radical (unpaired) electrons. The number of hydrogen-bond donors (Lipinski definition) is 1. The predicted octanol–water partition coefficient (Wildman–Crippen LogP) is 2.93. The highest BCUT2D eigenvalue weighted by Gasteiger charge is 2.35. The summed E-state index contributed by atoms with van der Waals surface area (Å²) in [7, 11) is -2.65. The summed E-state index contributed by atoms with van der Waals surface area (Å²) < 4.78 is 71.8. The fourth-order valence-corrected chi connectivity index (χ4v) is 4.73. The van der Waals surface area contributed by atoms with Crippen LogP contribution in [-0.2, 0) is 28.0 Å². The molecule has 1 aromatic heterocycles. The normalized spacial score (nSPS) is 15.7. The summed E-state index contributed by atoms with van der Waals surface area (Å²) in [5.74, 6) is -0.829. The summed E-state index contributed by atoms with van der Waals surface area (Å²) in [5.41, 5.74) is -1.97. The lowest BCUT2D eigenvalue weighted by Gasteiger charge is -2.35. The van der Waals surface area contributed by atoms with Gasteiger partial charge in [0.05, 0.1) is 4.90 Å². The van der Waals surface area contributed by atoms with Crippen LogP contribution in [0.2, 0.25) is 0 Å². The van der Waals surface area contributed by atoms with Gasteiger partial charge in [0.2, 0.25) is 10.0 Å². The Labute approximate surface area is 200 Å². The molecule has 0 unspecified atom stereocenters. The van der Waals surface area contributed by atoms with Crippen LogP contribution in [0.5, 0.6) is 0 Å². The van der Waals surface area contributed by atoms with Gasteiger partial charge in [-0.2, -0.15) is 22.6 Å². The molecule has 0 saturated carbocycles. The summed E-state index contributed by atoms with van der Waals surface area (Å²) in [5, 5.41) is 5.72. The molecule has 0 bridgehead atoms. The number of benzene rings is 1. The summed E-state index contributed by atoms with van der Waals surface area (Å²) >= 11 is 0. The molecule has 2 heterocycles. The van der Waals surface area contributed by atoms with E-state index >= 15 is 0 Å². The van der Waals surface area contributed by atoms with Gasteiger partial charge >= 0.3 is 12.3 Å². The summed E-state index contributed by atoms with van der Waals surface area (Å²) in [4.78, 5) is 26.0. The van der Waals surface area contributed by atoms with Gasteiger partial charge in [-0.25, -0.2) is 13.2 Å². The third kappa shape index (κ3) is 6.31. The maximum atomic E-state index is 13.0. The van der Waals surface area contributed by atoms with Crippen molar-refractivity contribution in [1.29, 1.82) is 0 Å². The number of carbonyl (C=O) groups is 2. The van der Waals surface area contributed by atoms with Gasteiger partial charge in [0.25, 0.3) is 5.91 Å². The number of aromatic nitrogens is 2. The van der Waals surface area contributed by atoms with Crippen molar-refractivity contribution in [3.8, 4) is 0 Å². The van der Waals surface area contributed by atoms with Crippen molar-refractivity contribution >= 4 is 27.7 Å². The summed E-state index contributed by atoms with van der Waals surface area (Å²) in [6.45, 7) is 5.75. The van der Waals surface area contributed by atoms with Gasteiger partial charge in [-0.1, -0.05) is 0 Å². The molecule has 14 heteroatoms. The van der Waals surface area contributed by atoms with Crippen LogP contribution in [0, 0.1) is 0 Å². The number of carbonyl (C=O) groups excluding carboxylic acids is 2. The summed E-state index contributed by atoms with van der Waals surface area (Å²) in [6.07, 6.45) is -5.20. The van der Waals surface area contributed by atoms with Crippen LogP contribution in [0.25, 0.3) is 0 Å². The van der Waals surface area contributed by atoms with Gasteiger partial charge in [-0.15, -0.1) is 0 Å². The number of halogens is 3. The molecule has 35 heavy (non-hydrogen) atoms. The molecule has 1 saturated heterocycles. The van der Waals surface area contributed by atoms with E-state index in [4.69, 9.17) is 4.74 Å². The lowest BCUT2D eigenvalue weighted by atomic mass is 10.2. The maximum Gasteiger partial charge on any atom is 0.435 e. The Kier molecular flexibility index (Phi) is 7.18. The number of sulfonamides is 1. The highest BCUT2D eigenvalue weighted by Crippen LogP contribution is 2.28. The smallest absolute Gasteiger partial charge is 0.435 e. The Hall–Kier alpha value is -3.13. The van der Waals surface area contributed by atoms with Gasteiger partial charge in [-0.3, -0.25) is 9.48 Å². The van der Waals surface area contributed by atoms with Crippen LogP contribution in [0.4, 0.5) is 23.7 Å². The van der Waals surface area contributed by atoms with E-state index in [1.165, 1.54) is 40.5 Å². The molecule has 3 rings (SSSR count). The van der Waals surface area contributed by atoms with E-state index in [9.17, 15) is 31.2 Å². The molecule has 0 atom stereocenters. The fraction of sp³-hybridized carbons (Fsp3) is 0.476. The van der Waals surface area contributed by atoms with E-state index in [2.05, 4.69) is 10.4 Å². The lowest BCUT2D eigenvalue weighted by Crippen LogP contribution is -2.51. The second-order valence-electron chi connectivity index (χ2n) is 8.89. The minimum atomic E-state index is -4.69. The highest BCUT2D eigenvalue weighted by molar-refractivity contribution is 7.89. The van der Waals surface area contributed by atoms with E-state index in [1.54, 1.807) is 20.8 Å². The molecule has 1 aliphatic rings. The average Bonchev–Trinajstić information content (AvgIpc) is 3.15. The van der Waals surface area contributed by atoms with Crippen molar-refractivity contribution in [3.05, 3.63) is 41.7 Å². The zero-order chi connectivity index (χ0) is 26.2. The van der Waals surface area contributed by atoms with Gasteiger partial charge in [0.1, 0.15) is 11.3 Å². The van der Waals surface area contributed by atoms with Crippen molar-refractivity contribution in [2.24, 2.45) is 7.05 Å². The first-order chi connectivity index (χ1) is 16.1. The number of nitrogens with zero attached hydrogens (tertiary/aromatic N) is 4. The van der Waals surface area contributed by atoms with Crippen molar-refractivity contribution in [2.45, 2.75) is 37.4 Å². The number of nitrogens with one attached hydrogen (secondary N) is 1. The fourth-order valence-electron chi connectivity index (χ4n) is 3.31. The van der Waals surface area contributed by atoms with E-state index in [0.717, 1.165) is 4.68 Å². The number of aryl methyl sites for hydroxylation is 1. The Morgan fingerprint density at radius 2 is 1.60 bits per heavy atom. The van der Waals surface area contributed by atoms with Crippen LogP contribution in [-0.4, -0.2) is 71.2 Å². The maximum absolute atomic E-state index is 13.0. The molecule has 0 aliphatic carbocycles. The topological polar surface area (TPSA) is 114 Å². The molecule has 2 amide bonds. The zero-order valence-corrected chi connectivity index (χ0v) is 20.4. The van der Waals surface area contributed by atoms with Crippen LogP contribution >= 0.6 is 0 Å². The van der Waals surface area contributed by atoms with Crippen LogP contribution in [0.3, 0.4) is 0 Å². The summed E-state index contributed by atoms with van der Waals surface area (Å²) in [6, 6.07) is 5.88. The number of piperazine rings is 1. The minimum absolute atomic E-state index is 0.0268. The standard InChI is InChI=1S/C21H26F3N5O5S/c1-20(2,3)34-19(31)28-9-11-29(12-10-28)35(32,33)15-7-5-14(6-8-15)25-18(30)16-13-17(21(22,23)24)26-27(16)4/h5-8,13H,9-12H2,1-4H3,(H,25,30). The van der Waals surface area contributed by atoms with Crippen molar-refractivity contribution in [1.82, 2.24) is 19.0 Å². The molecule has 1 N–H and O–H groups in total. The first kappa shape index (κ1) is 26.5. The van der Waals surface area contributed by atoms with Gasteiger partial charge < -0.3 is 15.0 Å². The van der Waals surface area contributed by atoms with E-state index in [-0.39, 0.29) is 42.5 Å². The molecule has 192 valence electrons. The van der Waals surface area contributed by atoms with Crippen molar-refractivity contribution < 1.29 is 35.9 Å². The molecular formula is C21H26F3N5O5S. The first-order valence-electron chi connectivity index (χ1n) is 10.6. The second kappa shape index (κ2) is 9.49.